The normalized spacial score (nSPS) is 13.5. The molecule has 18 heavy (non-hydrogen) atoms. The van der Waals surface area contributed by atoms with Crippen molar-refractivity contribution in [2.75, 3.05) is 12.3 Å². The van der Waals surface area contributed by atoms with Gasteiger partial charge >= 0.3 is 0 Å². The van der Waals surface area contributed by atoms with E-state index in [2.05, 4.69) is 12.2 Å². The predicted molar refractivity (Wildman–Crippen MR) is 75.9 cm³/mol. The van der Waals surface area contributed by atoms with Gasteiger partial charge in [0.2, 0.25) is 0 Å². The molecule has 0 saturated heterocycles. The third-order valence-corrected chi connectivity index (χ3v) is 4.75. The lowest BCUT2D eigenvalue weighted by molar-refractivity contribution is 0.513. The Labute approximate surface area is 114 Å². The summed E-state index contributed by atoms with van der Waals surface area (Å²) in [5, 5.41) is 3.66. The number of nitrogens with one attached hydrogen (secondary N) is 1. The first-order chi connectivity index (χ1) is 8.49. The molecule has 0 bridgehead atoms. The minimum absolute atomic E-state index is 0.00369. The summed E-state index contributed by atoms with van der Waals surface area (Å²) in [4.78, 5) is 0.300. The first-order valence-electron chi connectivity index (χ1n) is 6.21. The number of sulfone groups is 1. The van der Waals surface area contributed by atoms with Crippen LogP contribution in [-0.4, -0.2) is 26.8 Å². The van der Waals surface area contributed by atoms with E-state index in [0.717, 1.165) is 19.4 Å². The maximum absolute atomic E-state index is 12.2. The minimum Gasteiger partial charge on any atom is -0.313 e. The molecule has 0 aliphatic carbocycles. The molecule has 0 amide bonds. The van der Waals surface area contributed by atoms with Gasteiger partial charge in [0.15, 0.2) is 9.84 Å². The molecule has 1 rings (SSSR count). The molecule has 0 spiro atoms. The molecule has 0 saturated carbocycles. The van der Waals surface area contributed by atoms with E-state index in [4.69, 9.17) is 11.6 Å². The fraction of sp³-hybridized carbons (Fsp3) is 0.538. The van der Waals surface area contributed by atoms with Gasteiger partial charge in [0.1, 0.15) is 0 Å². The van der Waals surface area contributed by atoms with Gasteiger partial charge in [-0.25, -0.2) is 8.42 Å². The summed E-state index contributed by atoms with van der Waals surface area (Å²) in [5.74, 6) is 0.120. The van der Waals surface area contributed by atoms with Crippen LogP contribution in [-0.2, 0) is 9.84 Å². The largest absolute Gasteiger partial charge is 0.313 e. The zero-order valence-corrected chi connectivity index (χ0v) is 12.4. The molecule has 1 atom stereocenters. The first-order valence-corrected chi connectivity index (χ1v) is 8.24. The highest BCUT2D eigenvalue weighted by Gasteiger charge is 2.20. The lowest BCUT2D eigenvalue weighted by Crippen LogP contribution is -2.35. The Morgan fingerprint density at radius 1 is 1.33 bits per heavy atom. The molecule has 5 heteroatoms. The Hall–Kier alpha value is -0.580. The average Bonchev–Trinajstić information content (AvgIpc) is 2.29. The second kappa shape index (κ2) is 7.12. The van der Waals surface area contributed by atoms with Crippen molar-refractivity contribution in [1.82, 2.24) is 5.32 Å². The highest BCUT2D eigenvalue weighted by molar-refractivity contribution is 7.91. The van der Waals surface area contributed by atoms with Crippen molar-refractivity contribution in [2.45, 2.75) is 37.6 Å². The Morgan fingerprint density at radius 3 is 2.61 bits per heavy atom. The van der Waals surface area contributed by atoms with E-state index in [-0.39, 0.29) is 11.8 Å². The molecule has 1 aromatic carbocycles. The van der Waals surface area contributed by atoms with Crippen LogP contribution in [0.15, 0.2) is 29.2 Å². The number of hydrogen-bond acceptors (Lipinski definition) is 3. The van der Waals surface area contributed by atoms with Gasteiger partial charge in [-0.15, -0.1) is 0 Å². The quantitative estimate of drug-likeness (QED) is 0.839. The maximum Gasteiger partial charge on any atom is 0.179 e. The summed E-state index contributed by atoms with van der Waals surface area (Å²) in [6, 6.07) is 6.44. The topological polar surface area (TPSA) is 46.2 Å². The predicted octanol–water partition coefficient (Wildman–Crippen LogP) is 2.89. The Bertz CT molecular complexity index is 468. The molecule has 0 heterocycles. The van der Waals surface area contributed by atoms with Gasteiger partial charge in [0.25, 0.3) is 0 Å². The van der Waals surface area contributed by atoms with Crippen LogP contribution in [0.5, 0.6) is 0 Å². The molecule has 3 nitrogen and oxygen atoms in total. The van der Waals surface area contributed by atoms with Gasteiger partial charge < -0.3 is 5.32 Å². The second-order valence-corrected chi connectivity index (χ2v) is 6.75. The van der Waals surface area contributed by atoms with E-state index >= 15 is 0 Å². The van der Waals surface area contributed by atoms with E-state index in [1.165, 1.54) is 6.07 Å². The molecule has 1 unspecified atom stereocenters. The number of hydrogen-bond donors (Lipinski definition) is 1. The fourth-order valence-electron chi connectivity index (χ4n) is 1.90. The van der Waals surface area contributed by atoms with E-state index in [1.807, 2.05) is 6.92 Å². The molecule has 1 aromatic rings. The zero-order valence-electron chi connectivity index (χ0n) is 10.8. The Kier molecular flexibility index (Phi) is 6.12. The molecular formula is C13H20ClNO2S. The van der Waals surface area contributed by atoms with Gasteiger partial charge in [-0.1, -0.05) is 37.9 Å². The molecule has 0 radical (unpaired) electrons. The van der Waals surface area contributed by atoms with Crippen LogP contribution in [0.1, 0.15) is 26.7 Å². The summed E-state index contributed by atoms with van der Waals surface area (Å²) in [7, 11) is -3.27. The molecule has 0 aromatic heterocycles. The van der Waals surface area contributed by atoms with Gasteiger partial charge in [0.05, 0.1) is 10.6 Å². The van der Waals surface area contributed by atoms with Crippen LogP contribution in [0.4, 0.5) is 0 Å². The summed E-state index contributed by atoms with van der Waals surface area (Å²) in [6.45, 7) is 4.81. The lowest BCUT2D eigenvalue weighted by Gasteiger charge is -2.17. The highest BCUT2D eigenvalue weighted by Crippen LogP contribution is 2.18. The van der Waals surface area contributed by atoms with Crippen molar-refractivity contribution in [3.05, 3.63) is 29.3 Å². The van der Waals surface area contributed by atoms with Gasteiger partial charge in [-0.3, -0.25) is 0 Å². The molecule has 0 aliphatic heterocycles. The monoisotopic (exact) mass is 289 g/mol. The van der Waals surface area contributed by atoms with Crippen LogP contribution in [0.2, 0.25) is 5.02 Å². The van der Waals surface area contributed by atoms with Crippen LogP contribution in [0.25, 0.3) is 0 Å². The highest BCUT2D eigenvalue weighted by atomic mass is 35.5. The maximum atomic E-state index is 12.2. The number of rotatable bonds is 7. The standard InChI is InChI=1S/C13H20ClNO2S/c1-3-6-12(15-4-2)10-18(16,17)13-8-5-7-11(14)9-13/h5,7-9,12,15H,3-4,6,10H2,1-2H3. The third kappa shape index (κ3) is 4.59. The van der Waals surface area contributed by atoms with Gasteiger partial charge in [0, 0.05) is 11.1 Å². The summed E-state index contributed by atoms with van der Waals surface area (Å²) in [6.07, 6.45) is 1.82. The summed E-state index contributed by atoms with van der Waals surface area (Å²) < 4.78 is 24.5. The van der Waals surface area contributed by atoms with Gasteiger partial charge in [-0.2, -0.15) is 0 Å². The van der Waals surface area contributed by atoms with Crippen LogP contribution < -0.4 is 5.32 Å². The van der Waals surface area contributed by atoms with Crippen molar-refractivity contribution in [2.24, 2.45) is 0 Å². The summed E-state index contributed by atoms with van der Waals surface area (Å²) in [5.41, 5.74) is 0. The number of benzene rings is 1. The van der Waals surface area contributed by atoms with Gasteiger partial charge in [-0.05, 0) is 31.2 Å². The smallest absolute Gasteiger partial charge is 0.179 e. The van der Waals surface area contributed by atoms with E-state index < -0.39 is 9.84 Å². The zero-order chi connectivity index (χ0) is 13.6. The van der Waals surface area contributed by atoms with Crippen molar-refractivity contribution < 1.29 is 8.42 Å². The van der Waals surface area contributed by atoms with Crippen molar-refractivity contribution in [3.8, 4) is 0 Å². The molecule has 1 N–H and O–H groups in total. The van der Waals surface area contributed by atoms with Crippen LogP contribution in [0, 0.1) is 0 Å². The number of halogens is 1. The molecule has 102 valence electrons. The Morgan fingerprint density at radius 2 is 2.06 bits per heavy atom. The van der Waals surface area contributed by atoms with E-state index in [9.17, 15) is 8.42 Å². The summed E-state index contributed by atoms with van der Waals surface area (Å²) >= 11 is 5.83. The van der Waals surface area contributed by atoms with Crippen molar-refractivity contribution >= 4 is 21.4 Å². The molecular weight excluding hydrogens is 270 g/mol. The lowest BCUT2D eigenvalue weighted by atomic mass is 10.2. The van der Waals surface area contributed by atoms with Crippen molar-refractivity contribution in [1.29, 1.82) is 0 Å². The fourth-order valence-corrected chi connectivity index (χ4v) is 3.76. The second-order valence-electron chi connectivity index (χ2n) is 4.28. The van der Waals surface area contributed by atoms with Crippen LogP contribution >= 0.6 is 11.6 Å². The average molecular weight is 290 g/mol. The van der Waals surface area contributed by atoms with E-state index in [1.54, 1.807) is 18.2 Å². The first kappa shape index (κ1) is 15.5. The van der Waals surface area contributed by atoms with Crippen molar-refractivity contribution in [3.63, 3.8) is 0 Å². The molecule has 0 aliphatic rings. The minimum atomic E-state index is -3.27. The Balaban J connectivity index is 2.86. The SMILES string of the molecule is CCCC(CS(=O)(=O)c1cccc(Cl)c1)NCC. The molecule has 0 fully saturated rings. The van der Waals surface area contributed by atoms with Crippen LogP contribution in [0.3, 0.4) is 0 Å². The third-order valence-electron chi connectivity index (χ3n) is 2.71. The van der Waals surface area contributed by atoms with E-state index in [0.29, 0.717) is 9.92 Å².